The first-order valence-corrected chi connectivity index (χ1v) is 7.08. The zero-order chi connectivity index (χ0) is 14.1. The Bertz CT molecular complexity index is 262. The maximum absolute atomic E-state index is 11.2. The minimum atomic E-state index is -0.780. The molecule has 3 heteroatoms. The van der Waals surface area contributed by atoms with Crippen molar-refractivity contribution < 1.29 is 9.90 Å². The van der Waals surface area contributed by atoms with Gasteiger partial charge in [-0.3, -0.25) is 4.90 Å². The van der Waals surface area contributed by atoms with E-state index in [4.69, 9.17) is 0 Å². The van der Waals surface area contributed by atoms with Crippen molar-refractivity contribution >= 4 is 5.97 Å². The lowest BCUT2D eigenvalue weighted by molar-refractivity contribution is -0.133. The maximum Gasteiger partial charge on any atom is 0.332 e. The van der Waals surface area contributed by atoms with Crippen molar-refractivity contribution in [2.24, 2.45) is 0 Å². The van der Waals surface area contributed by atoms with Crippen LogP contribution in [0.2, 0.25) is 0 Å². The van der Waals surface area contributed by atoms with Gasteiger partial charge >= 0.3 is 5.97 Å². The van der Waals surface area contributed by atoms with E-state index in [1.807, 2.05) is 6.08 Å². The number of carboxylic acids is 1. The molecule has 0 heterocycles. The largest absolute Gasteiger partial charge is 0.478 e. The molecule has 0 spiro atoms. The van der Waals surface area contributed by atoms with E-state index >= 15 is 0 Å². The molecule has 0 aromatic rings. The SMILES string of the molecule is CCCCCC=C(CN(C(C)C)C(C)C)C(=O)O. The molecule has 0 saturated carbocycles. The van der Waals surface area contributed by atoms with E-state index in [1.54, 1.807) is 0 Å². The Morgan fingerprint density at radius 3 is 2.11 bits per heavy atom. The quantitative estimate of drug-likeness (QED) is 0.504. The van der Waals surface area contributed by atoms with Crippen LogP contribution in [-0.2, 0) is 4.79 Å². The topological polar surface area (TPSA) is 40.5 Å². The van der Waals surface area contributed by atoms with Crippen LogP contribution in [0.1, 0.15) is 60.3 Å². The number of rotatable bonds is 9. The number of hydrogen-bond acceptors (Lipinski definition) is 2. The van der Waals surface area contributed by atoms with Crippen LogP contribution in [0.25, 0.3) is 0 Å². The molecule has 0 aromatic carbocycles. The molecule has 0 rings (SSSR count). The fourth-order valence-corrected chi connectivity index (χ4v) is 2.05. The van der Waals surface area contributed by atoms with Gasteiger partial charge in [0.1, 0.15) is 0 Å². The van der Waals surface area contributed by atoms with Gasteiger partial charge < -0.3 is 5.11 Å². The van der Waals surface area contributed by atoms with Crippen molar-refractivity contribution in [2.75, 3.05) is 6.54 Å². The summed E-state index contributed by atoms with van der Waals surface area (Å²) in [5.41, 5.74) is 0.536. The minimum Gasteiger partial charge on any atom is -0.478 e. The first-order valence-electron chi connectivity index (χ1n) is 7.08. The molecule has 0 aliphatic carbocycles. The van der Waals surface area contributed by atoms with Gasteiger partial charge in [0.25, 0.3) is 0 Å². The number of allylic oxidation sites excluding steroid dienone is 1. The van der Waals surface area contributed by atoms with E-state index in [1.165, 1.54) is 12.8 Å². The van der Waals surface area contributed by atoms with E-state index < -0.39 is 5.97 Å². The molecule has 0 radical (unpaired) electrons. The lowest BCUT2D eigenvalue weighted by Crippen LogP contribution is -2.39. The molecule has 0 atom stereocenters. The standard InChI is InChI=1S/C15H29NO2/c1-6-7-8-9-10-14(15(17)18)11-16(12(2)3)13(4)5/h10,12-13H,6-9,11H2,1-5H3,(H,17,18). The Morgan fingerprint density at radius 1 is 1.17 bits per heavy atom. The highest BCUT2D eigenvalue weighted by atomic mass is 16.4. The number of aliphatic carboxylic acids is 1. The molecule has 0 aromatic heterocycles. The molecule has 0 bridgehead atoms. The average Bonchev–Trinajstić information content (AvgIpc) is 2.26. The highest BCUT2D eigenvalue weighted by Crippen LogP contribution is 2.11. The van der Waals surface area contributed by atoms with Crippen LogP contribution in [0.3, 0.4) is 0 Å². The van der Waals surface area contributed by atoms with Crippen LogP contribution < -0.4 is 0 Å². The van der Waals surface area contributed by atoms with E-state index in [-0.39, 0.29) is 0 Å². The second-order valence-corrected chi connectivity index (χ2v) is 5.39. The van der Waals surface area contributed by atoms with Crippen LogP contribution in [-0.4, -0.2) is 34.6 Å². The first-order chi connectivity index (χ1) is 8.40. The van der Waals surface area contributed by atoms with Gasteiger partial charge in [-0.15, -0.1) is 0 Å². The van der Waals surface area contributed by atoms with Gasteiger partial charge in [0.2, 0.25) is 0 Å². The average molecular weight is 255 g/mol. The number of unbranched alkanes of at least 4 members (excludes halogenated alkanes) is 3. The highest BCUT2D eigenvalue weighted by molar-refractivity contribution is 5.87. The molecule has 3 nitrogen and oxygen atoms in total. The minimum absolute atomic E-state index is 0.364. The van der Waals surface area contributed by atoms with Crippen molar-refractivity contribution in [3.8, 4) is 0 Å². The van der Waals surface area contributed by atoms with E-state index in [9.17, 15) is 9.90 Å². The van der Waals surface area contributed by atoms with Crippen molar-refractivity contribution in [1.82, 2.24) is 4.90 Å². The third-order valence-corrected chi connectivity index (χ3v) is 3.15. The third-order valence-electron chi connectivity index (χ3n) is 3.15. The van der Waals surface area contributed by atoms with Gasteiger partial charge in [0, 0.05) is 24.2 Å². The molecule has 0 saturated heterocycles. The molecule has 0 aliphatic heterocycles. The molecular formula is C15H29NO2. The number of hydrogen-bond donors (Lipinski definition) is 1. The molecule has 0 fully saturated rings. The van der Waals surface area contributed by atoms with Crippen molar-refractivity contribution in [2.45, 2.75) is 72.4 Å². The molecule has 1 N–H and O–H groups in total. The molecule has 106 valence electrons. The van der Waals surface area contributed by atoms with Gasteiger partial charge in [-0.1, -0.05) is 25.8 Å². The number of carboxylic acid groups (broad SMARTS) is 1. The van der Waals surface area contributed by atoms with Crippen LogP contribution in [0, 0.1) is 0 Å². The van der Waals surface area contributed by atoms with Gasteiger partial charge in [-0.05, 0) is 40.5 Å². The van der Waals surface area contributed by atoms with Crippen LogP contribution in [0.15, 0.2) is 11.6 Å². The van der Waals surface area contributed by atoms with Crippen LogP contribution in [0.4, 0.5) is 0 Å². The first kappa shape index (κ1) is 17.2. The van der Waals surface area contributed by atoms with Gasteiger partial charge in [-0.2, -0.15) is 0 Å². The Labute approximate surface area is 112 Å². The number of carbonyl (C=O) groups is 1. The van der Waals surface area contributed by atoms with E-state index in [0.29, 0.717) is 24.2 Å². The predicted molar refractivity (Wildman–Crippen MR) is 76.8 cm³/mol. The molecule has 0 aliphatic rings. The summed E-state index contributed by atoms with van der Waals surface area (Å²) < 4.78 is 0. The van der Waals surface area contributed by atoms with Crippen molar-refractivity contribution in [1.29, 1.82) is 0 Å². The van der Waals surface area contributed by atoms with Gasteiger partial charge in [0.05, 0.1) is 0 Å². The summed E-state index contributed by atoms with van der Waals surface area (Å²) in [5.74, 6) is -0.780. The summed E-state index contributed by atoms with van der Waals surface area (Å²) in [7, 11) is 0. The Balaban J connectivity index is 4.55. The Morgan fingerprint density at radius 2 is 1.72 bits per heavy atom. The highest BCUT2D eigenvalue weighted by Gasteiger charge is 2.18. The van der Waals surface area contributed by atoms with Crippen molar-refractivity contribution in [3.63, 3.8) is 0 Å². The van der Waals surface area contributed by atoms with Gasteiger partial charge in [0.15, 0.2) is 0 Å². The monoisotopic (exact) mass is 255 g/mol. The van der Waals surface area contributed by atoms with E-state index in [0.717, 1.165) is 12.8 Å². The lowest BCUT2D eigenvalue weighted by Gasteiger charge is -2.30. The van der Waals surface area contributed by atoms with Crippen LogP contribution in [0.5, 0.6) is 0 Å². The smallest absolute Gasteiger partial charge is 0.332 e. The van der Waals surface area contributed by atoms with Gasteiger partial charge in [-0.25, -0.2) is 4.79 Å². The normalized spacial score (nSPS) is 12.8. The lowest BCUT2D eigenvalue weighted by atomic mass is 10.1. The summed E-state index contributed by atoms with van der Waals surface area (Å²) in [6.45, 7) is 11.1. The second kappa shape index (κ2) is 9.15. The Kier molecular flexibility index (Phi) is 8.73. The molecule has 0 unspecified atom stereocenters. The fourth-order valence-electron chi connectivity index (χ4n) is 2.05. The molecule has 18 heavy (non-hydrogen) atoms. The molecular weight excluding hydrogens is 226 g/mol. The zero-order valence-electron chi connectivity index (χ0n) is 12.6. The van der Waals surface area contributed by atoms with Crippen molar-refractivity contribution in [3.05, 3.63) is 11.6 Å². The number of nitrogens with zero attached hydrogens (tertiary/aromatic N) is 1. The summed E-state index contributed by atoms with van der Waals surface area (Å²) in [4.78, 5) is 13.5. The maximum atomic E-state index is 11.2. The molecule has 0 amide bonds. The summed E-state index contributed by atoms with van der Waals surface area (Å²) in [6, 6.07) is 0.729. The summed E-state index contributed by atoms with van der Waals surface area (Å²) in [6.07, 6.45) is 6.19. The second-order valence-electron chi connectivity index (χ2n) is 5.39. The van der Waals surface area contributed by atoms with Crippen LogP contribution >= 0.6 is 0 Å². The van der Waals surface area contributed by atoms with E-state index in [2.05, 4.69) is 39.5 Å². The zero-order valence-corrected chi connectivity index (χ0v) is 12.6. The predicted octanol–water partition coefficient (Wildman–Crippen LogP) is 3.70. The fraction of sp³-hybridized carbons (Fsp3) is 0.800. The Hall–Kier alpha value is -0.830. The summed E-state index contributed by atoms with van der Waals surface area (Å²) >= 11 is 0. The summed E-state index contributed by atoms with van der Waals surface area (Å²) in [5, 5.41) is 9.25. The third kappa shape index (κ3) is 6.80.